The molecular formula is C17H24F2N2O. The topological polar surface area (TPSA) is 35.5 Å². The Kier molecular flexibility index (Phi) is 4.76. The van der Waals surface area contributed by atoms with Crippen LogP contribution >= 0.6 is 0 Å². The Labute approximate surface area is 130 Å². The van der Waals surface area contributed by atoms with Crippen LogP contribution in [-0.2, 0) is 0 Å². The van der Waals surface area contributed by atoms with E-state index in [1.807, 2.05) is 0 Å². The summed E-state index contributed by atoms with van der Waals surface area (Å²) < 4.78 is 27.6. The highest BCUT2D eigenvalue weighted by molar-refractivity contribution is 5.23. The summed E-state index contributed by atoms with van der Waals surface area (Å²) in [5.41, 5.74) is -0.235. The summed E-state index contributed by atoms with van der Waals surface area (Å²) in [7, 11) is 0. The van der Waals surface area contributed by atoms with Gasteiger partial charge in [-0.1, -0.05) is 6.07 Å². The third-order valence-corrected chi connectivity index (χ3v) is 5.09. The maximum Gasteiger partial charge on any atom is 0.132 e. The van der Waals surface area contributed by atoms with E-state index in [4.69, 9.17) is 0 Å². The molecule has 3 nitrogen and oxygen atoms in total. The van der Waals surface area contributed by atoms with Gasteiger partial charge < -0.3 is 15.3 Å². The Bertz CT molecular complexity index is 505. The van der Waals surface area contributed by atoms with Crippen LogP contribution in [0, 0.1) is 11.6 Å². The fraction of sp³-hybridized carbons (Fsp3) is 0.647. The number of aliphatic hydroxyl groups excluding tert-OH is 1. The second-order valence-electron chi connectivity index (χ2n) is 6.59. The zero-order valence-electron chi connectivity index (χ0n) is 12.9. The van der Waals surface area contributed by atoms with Crippen LogP contribution in [0.15, 0.2) is 18.2 Å². The van der Waals surface area contributed by atoms with Crippen LogP contribution in [0.1, 0.15) is 44.3 Å². The van der Waals surface area contributed by atoms with E-state index in [0.29, 0.717) is 12.1 Å². The molecule has 1 aromatic rings. The van der Waals surface area contributed by atoms with E-state index in [1.54, 1.807) is 6.92 Å². The van der Waals surface area contributed by atoms with E-state index in [9.17, 15) is 13.9 Å². The second-order valence-corrected chi connectivity index (χ2v) is 6.59. The molecule has 0 bridgehead atoms. The molecule has 1 aromatic carbocycles. The van der Waals surface area contributed by atoms with Crippen molar-refractivity contribution in [2.75, 3.05) is 13.1 Å². The van der Waals surface area contributed by atoms with Crippen LogP contribution in [0.5, 0.6) is 0 Å². The molecule has 0 radical (unpaired) electrons. The number of aliphatic hydroxyl groups is 1. The molecule has 2 fully saturated rings. The van der Waals surface area contributed by atoms with Crippen molar-refractivity contribution < 1.29 is 13.9 Å². The van der Waals surface area contributed by atoms with Gasteiger partial charge in [0.05, 0.1) is 11.7 Å². The number of fused-ring (bicyclic) bond motifs is 1. The molecule has 0 spiro atoms. The van der Waals surface area contributed by atoms with Crippen LogP contribution in [0.25, 0.3) is 0 Å². The van der Waals surface area contributed by atoms with E-state index in [0.717, 1.165) is 19.4 Å². The van der Waals surface area contributed by atoms with Gasteiger partial charge in [0.15, 0.2) is 0 Å². The lowest BCUT2D eigenvalue weighted by atomic mass is 9.95. The van der Waals surface area contributed by atoms with Crippen LogP contribution in [0.4, 0.5) is 8.78 Å². The fourth-order valence-corrected chi connectivity index (χ4v) is 3.88. The summed E-state index contributed by atoms with van der Waals surface area (Å²) in [4.78, 5) is 2.52. The molecule has 4 atom stereocenters. The van der Waals surface area contributed by atoms with Gasteiger partial charge in [0.1, 0.15) is 11.6 Å². The van der Waals surface area contributed by atoms with Crippen molar-refractivity contribution in [1.29, 1.82) is 0 Å². The van der Waals surface area contributed by atoms with E-state index in [2.05, 4.69) is 10.2 Å². The minimum Gasteiger partial charge on any atom is -0.387 e. The first kappa shape index (κ1) is 15.8. The van der Waals surface area contributed by atoms with Crippen molar-refractivity contribution in [2.24, 2.45) is 0 Å². The van der Waals surface area contributed by atoms with E-state index in [1.165, 1.54) is 37.6 Å². The first-order valence-electron chi connectivity index (χ1n) is 8.18. The van der Waals surface area contributed by atoms with Gasteiger partial charge in [-0.05, 0) is 57.8 Å². The van der Waals surface area contributed by atoms with Gasteiger partial charge in [0.25, 0.3) is 0 Å². The number of nitrogens with one attached hydrogen (secondary N) is 1. The van der Waals surface area contributed by atoms with Gasteiger partial charge in [-0.25, -0.2) is 8.78 Å². The standard InChI is InChI=1S/C17H24F2N2O/c1-11(17(22)16-14(18)5-2-6-15(16)19)20-12-7-9-21-8-3-4-13(21)10-12/h2,5-6,11-13,17,20,22H,3-4,7-10H2,1H3/t11-,12+,13-,17+/m0/s1. The maximum atomic E-state index is 13.8. The van der Waals surface area contributed by atoms with Crippen molar-refractivity contribution in [1.82, 2.24) is 10.2 Å². The quantitative estimate of drug-likeness (QED) is 0.897. The minimum absolute atomic E-state index is 0.235. The predicted octanol–water partition coefficient (Wildman–Crippen LogP) is 2.60. The third kappa shape index (κ3) is 3.16. The summed E-state index contributed by atoms with van der Waals surface area (Å²) >= 11 is 0. The molecule has 5 heteroatoms. The van der Waals surface area contributed by atoms with Crippen molar-refractivity contribution in [2.45, 2.75) is 56.8 Å². The molecule has 2 aliphatic rings. The first-order valence-corrected chi connectivity index (χ1v) is 8.18. The average Bonchev–Trinajstić information content (AvgIpc) is 2.94. The molecule has 0 aromatic heterocycles. The van der Waals surface area contributed by atoms with Crippen LogP contribution in [0.3, 0.4) is 0 Å². The van der Waals surface area contributed by atoms with E-state index < -0.39 is 17.7 Å². The van der Waals surface area contributed by atoms with E-state index >= 15 is 0 Å². The van der Waals surface area contributed by atoms with Crippen LogP contribution < -0.4 is 5.32 Å². The maximum absolute atomic E-state index is 13.8. The molecule has 2 saturated heterocycles. The van der Waals surface area contributed by atoms with Gasteiger partial charge in [-0.2, -0.15) is 0 Å². The molecule has 122 valence electrons. The lowest BCUT2D eigenvalue weighted by Gasteiger charge is -2.37. The largest absolute Gasteiger partial charge is 0.387 e. The van der Waals surface area contributed by atoms with Gasteiger partial charge >= 0.3 is 0 Å². The van der Waals surface area contributed by atoms with Crippen molar-refractivity contribution in [3.05, 3.63) is 35.4 Å². The van der Waals surface area contributed by atoms with Crippen molar-refractivity contribution in [3.63, 3.8) is 0 Å². The molecule has 0 amide bonds. The SMILES string of the molecule is C[C@H](N[C@@H]1CCN2CCC[C@H]2C1)[C@@H](O)c1c(F)cccc1F. The molecule has 2 N–H and O–H groups in total. The van der Waals surface area contributed by atoms with Crippen LogP contribution in [0.2, 0.25) is 0 Å². The molecule has 22 heavy (non-hydrogen) atoms. The van der Waals surface area contributed by atoms with Crippen LogP contribution in [-0.4, -0.2) is 41.2 Å². The predicted molar refractivity (Wildman–Crippen MR) is 81.5 cm³/mol. The molecular weight excluding hydrogens is 286 g/mol. The van der Waals surface area contributed by atoms with Gasteiger partial charge in [-0.3, -0.25) is 0 Å². The molecule has 2 aliphatic heterocycles. The second kappa shape index (κ2) is 6.60. The summed E-state index contributed by atoms with van der Waals surface area (Å²) in [5.74, 6) is -1.38. The lowest BCUT2D eigenvalue weighted by molar-refractivity contribution is 0.102. The number of hydrogen-bond acceptors (Lipinski definition) is 3. The average molecular weight is 310 g/mol. The zero-order chi connectivity index (χ0) is 15.7. The van der Waals surface area contributed by atoms with Crippen molar-refractivity contribution >= 4 is 0 Å². The first-order chi connectivity index (χ1) is 10.6. The van der Waals surface area contributed by atoms with Gasteiger partial charge in [0.2, 0.25) is 0 Å². The number of rotatable bonds is 4. The van der Waals surface area contributed by atoms with Gasteiger partial charge in [-0.15, -0.1) is 0 Å². The Hall–Kier alpha value is -1.04. The van der Waals surface area contributed by atoms with Gasteiger partial charge in [0, 0.05) is 18.1 Å². The summed E-state index contributed by atoms with van der Waals surface area (Å²) in [6, 6.07) is 4.23. The molecule has 0 aliphatic carbocycles. The molecule has 0 unspecified atom stereocenters. The number of nitrogens with zero attached hydrogens (tertiary/aromatic N) is 1. The Morgan fingerprint density at radius 1 is 1.23 bits per heavy atom. The fourth-order valence-electron chi connectivity index (χ4n) is 3.88. The Balaban J connectivity index is 1.63. The lowest BCUT2D eigenvalue weighted by Crippen LogP contribution is -2.49. The van der Waals surface area contributed by atoms with Crippen molar-refractivity contribution in [3.8, 4) is 0 Å². The summed E-state index contributed by atoms with van der Waals surface area (Å²) in [6.07, 6.45) is 3.39. The number of hydrogen-bond donors (Lipinski definition) is 2. The summed E-state index contributed by atoms with van der Waals surface area (Å²) in [6.45, 7) is 4.05. The smallest absolute Gasteiger partial charge is 0.132 e. The normalized spacial score (nSPS) is 28.4. The molecule has 0 saturated carbocycles. The monoisotopic (exact) mass is 310 g/mol. The molecule has 2 heterocycles. The number of benzene rings is 1. The number of piperidine rings is 1. The summed E-state index contributed by atoms with van der Waals surface area (Å²) in [5, 5.41) is 13.7. The Morgan fingerprint density at radius 3 is 2.68 bits per heavy atom. The Morgan fingerprint density at radius 2 is 1.95 bits per heavy atom. The highest BCUT2D eigenvalue weighted by Crippen LogP contribution is 2.29. The minimum atomic E-state index is -1.18. The number of halogens is 2. The molecule has 3 rings (SSSR count). The third-order valence-electron chi connectivity index (χ3n) is 5.09. The highest BCUT2D eigenvalue weighted by atomic mass is 19.1. The van der Waals surface area contributed by atoms with E-state index in [-0.39, 0.29) is 11.6 Å². The highest BCUT2D eigenvalue weighted by Gasteiger charge is 2.33. The zero-order valence-corrected chi connectivity index (χ0v) is 12.9.